The van der Waals surface area contributed by atoms with E-state index in [1.165, 1.54) is 4.68 Å². The molecule has 0 bridgehead atoms. The number of nitrogens with zero attached hydrogens (tertiary/aromatic N) is 3. The van der Waals surface area contributed by atoms with E-state index in [1.54, 1.807) is 13.2 Å². The minimum Gasteiger partial charge on any atom is -0.324 e. The van der Waals surface area contributed by atoms with E-state index in [4.69, 9.17) is 0 Å². The molecule has 7 heteroatoms. The summed E-state index contributed by atoms with van der Waals surface area (Å²) in [5.41, 5.74) is 1.21. The predicted octanol–water partition coefficient (Wildman–Crippen LogP) is 0.825. The van der Waals surface area contributed by atoms with Gasteiger partial charge in [-0.15, -0.1) is 0 Å². The van der Waals surface area contributed by atoms with E-state index in [1.807, 2.05) is 0 Å². The molecule has 1 aliphatic rings. The molecule has 82 valence electrons. The van der Waals surface area contributed by atoms with Gasteiger partial charge in [-0.3, -0.25) is 9.48 Å². The molecule has 0 unspecified atom stereocenters. The number of carbonyl (C=O) groups excluding carboxylic acids is 1. The molecule has 1 amide bonds. The number of alkyl halides is 3. The second-order valence-corrected chi connectivity index (χ2v) is 3.43. The Labute approximate surface area is 83.3 Å². The number of halogens is 3. The highest BCUT2D eigenvalue weighted by Crippen LogP contribution is 2.26. The molecular formula is C8H8F3N3O. The third-order valence-corrected chi connectivity index (χ3v) is 2.22. The Morgan fingerprint density at radius 1 is 1.47 bits per heavy atom. The summed E-state index contributed by atoms with van der Waals surface area (Å²) in [5, 5.41) is 3.96. The number of rotatable bonds is 0. The summed E-state index contributed by atoms with van der Waals surface area (Å²) in [6, 6.07) is 0. The molecule has 0 aliphatic carbocycles. The van der Waals surface area contributed by atoms with Crippen LogP contribution in [0.3, 0.4) is 0 Å². The Kier molecular flexibility index (Phi) is 1.99. The van der Waals surface area contributed by atoms with Crippen molar-refractivity contribution in [3.05, 3.63) is 17.5 Å². The van der Waals surface area contributed by atoms with E-state index in [-0.39, 0.29) is 13.1 Å². The summed E-state index contributed by atoms with van der Waals surface area (Å²) in [7, 11) is 1.69. The minimum atomic E-state index is -4.80. The van der Waals surface area contributed by atoms with Crippen LogP contribution in [0.5, 0.6) is 0 Å². The molecule has 0 aromatic carbocycles. The van der Waals surface area contributed by atoms with Crippen molar-refractivity contribution in [3.63, 3.8) is 0 Å². The molecule has 0 N–H and O–H groups in total. The highest BCUT2D eigenvalue weighted by atomic mass is 19.4. The van der Waals surface area contributed by atoms with Crippen LogP contribution >= 0.6 is 0 Å². The fourth-order valence-corrected chi connectivity index (χ4v) is 1.61. The van der Waals surface area contributed by atoms with Crippen molar-refractivity contribution in [3.8, 4) is 0 Å². The third kappa shape index (κ3) is 1.69. The van der Waals surface area contributed by atoms with Crippen molar-refractivity contribution >= 4 is 5.91 Å². The molecular weight excluding hydrogens is 211 g/mol. The molecule has 0 radical (unpaired) electrons. The van der Waals surface area contributed by atoms with Crippen LogP contribution in [0.1, 0.15) is 11.3 Å². The van der Waals surface area contributed by atoms with Gasteiger partial charge in [-0.1, -0.05) is 0 Å². The number of hydrogen-bond acceptors (Lipinski definition) is 2. The van der Waals surface area contributed by atoms with Gasteiger partial charge in [0.2, 0.25) is 0 Å². The summed E-state index contributed by atoms with van der Waals surface area (Å²) in [6.07, 6.45) is -3.18. The van der Waals surface area contributed by atoms with Gasteiger partial charge in [0.25, 0.3) is 0 Å². The molecule has 2 rings (SSSR count). The van der Waals surface area contributed by atoms with Gasteiger partial charge >= 0.3 is 12.1 Å². The van der Waals surface area contributed by atoms with Crippen molar-refractivity contribution in [2.24, 2.45) is 7.05 Å². The Morgan fingerprint density at radius 2 is 2.13 bits per heavy atom. The number of aromatic nitrogens is 2. The normalized spacial score (nSPS) is 15.6. The molecule has 0 saturated carbocycles. The average Bonchev–Trinajstić information content (AvgIpc) is 2.57. The lowest BCUT2D eigenvalue weighted by molar-refractivity contribution is -0.186. The smallest absolute Gasteiger partial charge is 0.324 e. The zero-order valence-corrected chi connectivity index (χ0v) is 7.88. The largest absolute Gasteiger partial charge is 0.471 e. The van der Waals surface area contributed by atoms with Gasteiger partial charge in [0.15, 0.2) is 0 Å². The van der Waals surface area contributed by atoms with Crippen LogP contribution in [0.4, 0.5) is 13.2 Å². The van der Waals surface area contributed by atoms with E-state index in [2.05, 4.69) is 5.10 Å². The van der Waals surface area contributed by atoms with E-state index in [0.29, 0.717) is 11.3 Å². The zero-order valence-electron chi connectivity index (χ0n) is 7.88. The highest BCUT2D eigenvalue weighted by Gasteiger charge is 2.44. The van der Waals surface area contributed by atoms with Crippen LogP contribution in [0.15, 0.2) is 6.20 Å². The first-order chi connectivity index (χ1) is 6.88. The summed E-state index contributed by atoms with van der Waals surface area (Å²) in [5.74, 6) is -1.80. The Morgan fingerprint density at radius 3 is 2.67 bits per heavy atom. The molecule has 1 aliphatic heterocycles. The van der Waals surface area contributed by atoms with Crippen molar-refractivity contribution in [1.29, 1.82) is 0 Å². The fraction of sp³-hybridized carbons (Fsp3) is 0.500. The van der Waals surface area contributed by atoms with E-state index >= 15 is 0 Å². The third-order valence-electron chi connectivity index (χ3n) is 2.22. The standard InChI is InChI=1S/C8H8F3N3O/c1-13-2-5-3-14(4-6(5)12-13)7(15)8(9,10)11/h2H,3-4H2,1H3. The quantitative estimate of drug-likeness (QED) is 0.648. The van der Waals surface area contributed by atoms with Gasteiger partial charge in [-0.2, -0.15) is 18.3 Å². The second kappa shape index (κ2) is 2.98. The Bertz CT molecular complexity index is 386. The first kappa shape index (κ1) is 10.0. The van der Waals surface area contributed by atoms with Crippen LogP contribution < -0.4 is 0 Å². The zero-order chi connectivity index (χ0) is 11.2. The lowest BCUT2D eigenvalue weighted by Gasteiger charge is -2.16. The van der Waals surface area contributed by atoms with Crippen molar-refractivity contribution in [1.82, 2.24) is 14.7 Å². The minimum absolute atomic E-state index is 0.0124. The number of amides is 1. The van der Waals surface area contributed by atoms with Crippen molar-refractivity contribution < 1.29 is 18.0 Å². The lowest BCUT2D eigenvalue weighted by atomic mass is 10.3. The van der Waals surface area contributed by atoms with E-state index in [0.717, 1.165) is 4.90 Å². The molecule has 15 heavy (non-hydrogen) atoms. The molecule has 0 saturated heterocycles. The maximum absolute atomic E-state index is 12.1. The van der Waals surface area contributed by atoms with Crippen molar-refractivity contribution in [2.45, 2.75) is 19.3 Å². The number of aryl methyl sites for hydroxylation is 1. The van der Waals surface area contributed by atoms with E-state index < -0.39 is 12.1 Å². The maximum Gasteiger partial charge on any atom is 0.471 e. The van der Waals surface area contributed by atoms with Crippen LogP contribution in [-0.4, -0.2) is 26.8 Å². The number of fused-ring (bicyclic) bond motifs is 1. The van der Waals surface area contributed by atoms with Gasteiger partial charge in [-0.05, 0) is 0 Å². The van der Waals surface area contributed by atoms with Crippen LogP contribution in [-0.2, 0) is 24.9 Å². The van der Waals surface area contributed by atoms with Crippen LogP contribution in [0.25, 0.3) is 0 Å². The van der Waals surface area contributed by atoms with Gasteiger partial charge < -0.3 is 4.90 Å². The molecule has 1 aromatic rings. The number of hydrogen-bond donors (Lipinski definition) is 0. The lowest BCUT2D eigenvalue weighted by Crippen LogP contribution is -2.37. The highest BCUT2D eigenvalue weighted by molar-refractivity contribution is 5.82. The van der Waals surface area contributed by atoms with Gasteiger partial charge in [-0.25, -0.2) is 0 Å². The summed E-state index contributed by atoms with van der Waals surface area (Å²) in [6.45, 7) is -0.0734. The Hall–Kier alpha value is -1.53. The summed E-state index contributed by atoms with van der Waals surface area (Å²) >= 11 is 0. The van der Waals surface area contributed by atoms with Gasteiger partial charge in [0, 0.05) is 25.4 Å². The molecule has 1 aromatic heterocycles. The second-order valence-electron chi connectivity index (χ2n) is 3.43. The SMILES string of the molecule is Cn1cc2c(n1)CN(C(=O)C(F)(F)F)C2. The molecule has 0 spiro atoms. The molecule has 2 heterocycles. The van der Waals surface area contributed by atoms with Crippen LogP contribution in [0, 0.1) is 0 Å². The van der Waals surface area contributed by atoms with Crippen LogP contribution in [0.2, 0.25) is 0 Å². The molecule has 0 fully saturated rings. The van der Waals surface area contributed by atoms with E-state index in [9.17, 15) is 18.0 Å². The monoisotopic (exact) mass is 219 g/mol. The molecule has 4 nitrogen and oxygen atoms in total. The first-order valence-corrected chi connectivity index (χ1v) is 4.25. The van der Waals surface area contributed by atoms with Gasteiger partial charge in [0.1, 0.15) is 0 Å². The average molecular weight is 219 g/mol. The Balaban J connectivity index is 2.14. The van der Waals surface area contributed by atoms with Crippen molar-refractivity contribution in [2.75, 3.05) is 0 Å². The summed E-state index contributed by atoms with van der Waals surface area (Å²) < 4.78 is 37.8. The summed E-state index contributed by atoms with van der Waals surface area (Å²) in [4.78, 5) is 11.6. The molecule has 0 atom stereocenters. The maximum atomic E-state index is 12.1. The predicted molar refractivity (Wildman–Crippen MR) is 43.5 cm³/mol. The number of carbonyl (C=O) groups is 1. The fourth-order valence-electron chi connectivity index (χ4n) is 1.61. The first-order valence-electron chi connectivity index (χ1n) is 4.25. The topological polar surface area (TPSA) is 38.1 Å². The van der Waals surface area contributed by atoms with Gasteiger partial charge in [0.05, 0.1) is 12.2 Å².